The second-order valence-electron chi connectivity index (χ2n) is 5.58. The van der Waals surface area contributed by atoms with Gasteiger partial charge in [-0.25, -0.2) is 8.70 Å². The third kappa shape index (κ3) is 4.36. The van der Waals surface area contributed by atoms with Gasteiger partial charge in [-0.2, -0.15) is 0 Å². The van der Waals surface area contributed by atoms with Gasteiger partial charge in [-0.05, 0) is 66.2 Å². The third-order valence-corrected chi connectivity index (χ3v) is 5.15. The van der Waals surface area contributed by atoms with Crippen LogP contribution in [0, 0.1) is 12.7 Å². The zero-order valence-corrected chi connectivity index (χ0v) is 16.7. The first-order chi connectivity index (χ1) is 12.2. The summed E-state index contributed by atoms with van der Waals surface area (Å²) in [5.41, 5.74) is 3.71. The molecule has 2 aromatic carbocycles. The van der Waals surface area contributed by atoms with Crippen molar-refractivity contribution in [2.24, 2.45) is 0 Å². The molecule has 0 radical (unpaired) electrons. The molecular weight excluding hydrogens is 333 g/mol. The van der Waals surface area contributed by atoms with Gasteiger partial charge in [0.2, 0.25) is 0 Å². The Labute approximate surface area is 155 Å². The molecule has 1 saturated heterocycles. The van der Waals surface area contributed by atoms with Gasteiger partial charge in [0, 0.05) is 23.5 Å². The Kier molecular flexibility index (Phi) is 7.33. The van der Waals surface area contributed by atoms with Gasteiger partial charge in [-0.15, -0.1) is 0 Å². The highest BCUT2D eigenvalue weighted by molar-refractivity contribution is 7.97. The third-order valence-electron chi connectivity index (χ3n) is 4.06. The van der Waals surface area contributed by atoms with Crippen molar-refractivity contribution in [2.75, 3.05) is 13.1 Å². The summed E-state index contributed by atoms with van der Waals surface area (Å²) in [4.78, 5) is 1.23. The maximum Gasteiger partial charge on any atom is 0.128 e. The van der Waals surface area contributed by atoms with E-state index in [-0.39, 0.29) is 5.82 Å². The molecule has 0 unspecified atom stereocenters. The van der Waals surface area contributed by atoms with Crippen LogP contribution >= 0.6 is 11.9 Å². The van der Waals surface area contributed by atoms with Crippen molar-refractivity contribution in [3.8, 4) is 16.9 Å². The summed E-state index contributed by atoms with van der Waals surface area (Å²) in [5, 5.41) is 0. The average Bonchev–Trinajstić information content (AvgIpc) is 2.62. The summed E-state index contributed by atoms with van der Waals surface area (Å²) in [5.74, 6) is 0.605. The first kappa shape index (κ1) is 19.8. The van der Waals surface area contributed by atoms with Crippen LogP contribution in [0.3, 0.4) is 0 Å². The maximum absolute atomic E-state index is 13.8. The molecule has 0 aliphatic carbocycles. The molecule has 0 amide bonds. The van der Waals surface area contributed by atoms with Gasteiger partial charge in [0.25, 0.3) is 0 Å². The van der Waals surface area contributed by atoms with Crippen molar-refractivity contribution >= 4 is 11.9 Å². The molecule has 136 valence electrons. The normalized spacial score (nSPS) is 14.5. The van der Waals surface area contributed by atoms with Crippen LogP contribution in [0.15, 0.2) is 35.2 Å². The number of benzene rings is 2. The van der Waals surface area contributed by atoms with Crippen LogP contribution in [0.5, 0.6) is 5.75 Å². The number of rotatable bonds is 2. The second kappa shape index (κ2) is 9.25. The van der Waals surface area contributed by atoms with E-state index < -0.39 is 0 Å². The van der Waals surface area contributed by atoms with Crippen LogP contribution in [-0.2, 0) is 6.61 Å². The molecule has 2 nitrogen and oxygen atoms in total. The smallest absolute Gasteiger partial charge is 0.128 e. The molecule has 2 aliphatic heterocycles. The number of hydrogen-bond donors (Lipinski definition) is 0. The van der Waals surface area contributed by atoms with Crippen molar-refractivity contribution < 1.29 is 9.13 Å². The maximum atomic E-state index is 13.8. The number of fused-ring (bicyclic) bond motifs is 3. The van der Waals surface area contributed by atoms with Gasteiger partial charge in [0.1, 0.15) is 18.2 Å². The van der Waals surface area contributed by atoms with Crippen LogP contribution in [0.25, 0.3) is 11.1 Å². The molecule has 2 heterocycles. The fraction of sp³-hybridized carbons (Fsp3) is 0.429. The monoisotopic (exact) mass is 361 g/mol. The van der Waals surface area contributed by atoms with Crippen molar-refractivity contribution in [3.05, 3.63) is 47.3 Å². The zero-order valence-electron chi connectivity index (χ0n) is 15.9. The molecule has 25 heavy (non-hydrogen) atoms. The highest BCUT2D eigenvalue weighted by atomic mass is 32.2. The van der Waals surface area contributed by atoms with Gasteiger partial charge in [0.05, 0.1) is 0 Å². The fourth-order valence-corrected chi connectivity index (χ4v) is 3.74. The van der Waals surface area contributed by atoms with Gasteiger partial charge in [-0.3, -0.25) is 0 Å². The number of aryl methyl sites for hydroxylation is 1. The average molecular weight is 362 g/mol. The van der Waals surface area contributed by atoms with E-state index in [9.17, 15) is 4.39 Å². The number of nitrogens with zero attached hydrogens (tertiary/aromatic N) is 1. The molecule has 4 heteroatoms. The minimum atomic E-state index is -0.177. The standard InChI is InChI=1S/C17H16FNOS.2C2H6/c1-11-7-17-15(9-16(11)18)14-4-3-13(8-12(14)10-20-17)21-19-5-2-6-19;2*1-2/h3-4,7-9H,2,5-6,10H2,1H3;2*1-2H3. The molecule has 4 rings (SSSR count). The van der Waals surface area contributed by atoms with Crippen molar-refractivity contribution in [1.82, 2.24) is 4.31 Å². The number of ether oxygens (including phenoxy) is 1. The topological polar surface area (TPSA) is 12.5 Å². The highest BCUT2D eigenvalue weighted by Gasteiger charge is 2.21. The zero-order chi connectivity index (χ0) is 18.4. The Morgan fingerprint density at radius 1 is 1.00 bits per heavy atom. The summed E-state index contributed by atoms with van der Waals surface area (Å²) in [6.45, 7) is 12.6. The molecule has 2 aromatic rings. The minimum Gasteiger partial charge on any atom is -0.488 e. The highest BCUT2D eigenvalue weighted by Crippen LogP contribution is 2.40. The second-order valence-corrected chi connectivity index (χ2v) is 6.75. The predicted molar refractivity (Wildman–Crippen MR) is 106 cm³/mol. The van der Waals surface area contributed by atoms with E-state index in [1.807, 2.05) is 27.7 Å². The van der Waals surface area contributed by atoms with E-state index in [1.165, 1.54) is 11.3 Å². The summed E-state index contributed by atoms with van der Waals surface area (Å²) in [6, 6.07) is 9.75. The predicted octanol–water partition coefficient (Wildman–Crippen LogP) is 6.46. The molecule has 1 fully saturated rings. The molecule has 0 N–H and O–H groups in total. The lowest BCUT2D eigenvalue weighted by molar-refractivity contribution is 0.301. The minimum absolute atomic E-state index is 0.177. The summed E-state index contributed by atoms with van der Waals surface area (Å²) >= 11 is 1.79. The van der Waals surface area contributed by atoms with Crippen LogP contribution in [0.4, 0.5) is 4.39 Å². The lowest BCUT2D eigenvalue weighted by Crippen LogP contribution is -2.30. The lowest BCUT2D eigenvalue weighted by atomic mass is 9.96. The number of halogens is 1. The fourth-order valence-electron chi connectivity index (χ4n) is 2.68. The lowest BCUT2D eigenvalue weighted by Gasteiger charge is -2.29. The van der Waals surface area contributed by atoms with Crippen LogP contribution in [0.2, 0.25) is 0 Å². The van der Waals surface area contributed by atoms with E-state index in [0.29, 0.717) is 12.2 Å². The summed E-state index contributed by atoms with van der Waals surface area (Å²) in [6.07, 6.45) is 1.28. The van der Waals surface area contributed by atoms with E-state index in [1.54, 1.807) is 31.0 Å². The van der Waals surface area contributed by atoms with Crippen LogP contribution in [-0.4, -0.2) is 17.4 Å². The quantitative estimate of drug-likeness (QED) is 0.570. The molecule has 0 atom stereocenters. The Morgan fingerprint density at radius 3 is 2.36 bits per heavy atom. The molecule has 0 aromatic heterocycles. The number of hydrogen-bond acceptors (Lipinski definition) is 3. The Morgan fingerprint density at radius 2 is 1.72 bits per heavy atom. The molecule has 0 saturated carbocycles. The Hall–Kier alpha value is -1.52. The first-order valence-electron chi connectivity index (χ1n) is 9.20. The van der Waals surface area contributed by atoms with Crippen LogP contribution in [0.1, 0.15) is 45.2 Å². The van der Waals surface area contributed by atoms with Crippen molar-refractivity contribution in [1.29, 1.82) is 0 Å². The van der Waals surface area contributed by atoms with Crippen molar-refractivity contribution in [3.63, 3.8) is 0 Å². The summed E-state index contributed by atoms with van der Waals surface area (Å²) in [7, 11) is 0. The van der Waals surface area contributed by atoms with E-state index >= 15 is 0 Å². The molecule has 0 spiro atoms. The van der Waals surface area contributed by atoms with E-state index in [4.69, 9.17) is 4.74 Å². The van der Waals surface area contributed by atoms with Crippen molar-refractivity contribution in [2.45, 2.75) is 52.5 Å². The summed E-state index contributed by atoms with van der Waals surface area (Å²) < 4.78 is 22.0. The SMILES string of the molecule is CC.CC.Cc1cc2c(cc1F)-c1ccc(SN3CCC3)cc1CO2. The van der Waals surface area contributed by atoms with Gasteiger partial charge < -0.3 is 4.74 Å². The van der Waals surface area contributed by atoms with Gasteiger partial charge >= 0.3 is 0 Å². The van der Waals surface area contributed by atoms with Gasteiger partial charge in [-0.1, -0.05) is 33.8 Å². The largest absolute Gasteiger partial charge is 0.488 e. The molecular formula is C21H28FNOS. The first-order valence-corrected chi connectivity index (χ1v) is 9.97. The van der Waals surface area contributed by atoms with E-state index in [2.05, 4.69) is 22.5 Å². The van der Waals surface area contributed by atoms with E-state index in [0.717, 1.165) is 35.5 Å². The molecule has 2 aliphatic rings. The Balaban J connectivity index is 0.000000528. The van der Waals surface area contributed by atoms with Crippen LogP contribution < -0.4 is 4.74 Å². The molecule has 0 bridgehead atoms. The van der Waals surface area contributed by atoms with Gasteiger partial charge in [0.15, 0.2) is 0 Å². The Bertz CT molecular complexity index is 713.